The van der Waals surface area contributed by atoms with Gasteiger partial charge in [-0.2, -0.15) is 0 Å². The third-order valence-corrected chi connectivity index (χ3v) is 5.19. The zero-order chi connectivity index (χ0) is 15.9. The van der Waals surface area contributed by atoms with Crippen molar-refractivity contribution in [3.63, 3.8) is 0 Å². The van der Waals surface area contributed by atoms with E-state index in [-0.39, 0.29) is 0 Å². The van der Waals surface area contributed by atoms with E-state index < -0.39 is 0 Å². The van der Waals surface area contributed by atoms with Crippen LogP contribution in [0.1, 0.15) is 17.4 Å². The van der Waals surface area contributed by atoms with Crippen LogP contribution in [0.3, 0.4) is 0 Å². The molecule has 1 aliphatic heterocycles. The van der Waals surface area contributed by atoms with E-state index in [1.165, 1.54) is 10.4 Å². The Morgan fingerprint density at radius 1 is 1.36 bits per heavy atom. The smallest absolute Gasteiger partial charge is 0.191 e. The molecule has 0 spiro atoms. The predicted molar refractivity (Wildman–Crippen MR) is 95.8 cm³/mol. The minimum absolute atomic E-state index is 0.533. The summed E-state index contributed by atoms with van der Waals surface area (Å²) in [5.41, 5.74) is 1.33. The van der Waals surface area contributed by atoms with Crippen LogP contribution in [0.5, 0.6) is 0 Å². The lowest BCUT2D eigenvalue weighted by atomic mass is 10.2. The molecule has 1 fully saturated rings. The average Bonchev–Trinajstić information content (AvgIpc) is 2.90. The van der Waals surface area contributed by atoms with E-state index in [0.717, 1.165) is 45.2 Å². The lowest BCUT2D eigenvalue weighted by Crippen LogP contribution is -2.55. The zero-order valence-corrected chi connectivity index (χ0v) is 15.0. The number of hydrogen-bond acceptors (Lipinski definition) is 4. The van der Waals surface area contributed by atoms with Gasteiger partial charge in [0.1, 0.15) is 0 Å². The third kappa shape index (κ3) is 4.97. The molecule has 0 radical (unpaired) electrons. The number of aryl methyl sites for hydroxylation is 1. The summed E-state index contributed by atoms with van der Waals surface area (Å²) in [6, 6.07) is 2.69. The SMILES string of the molecule is CCNC(=NCc1sccc1C)NC[C@H]1CN(C)CCN1C. The summed E-state index contributed by atoms with van der Waals surface area (Å²) < 4.78 is 0. The van der Waals surface area contributed by atoms with Crippen molar-refractivity contribution in [3.8, 4) is 0 Å². The van der Waals surface area contributed by atoms with Crippen LogP contribution in [0.25, 0.3) is 0 Å². The van der Waals surface area contributed by atoms with Gasteiger partial charge in [-0.25, -0.2) is 4.99 Å². The first-order valence-electron chi connectivity index (χ1n) is 8.04. The predicted octanol–water partition coefficient (Wildman–Crippen LogP) is 1.36. The Morgan fingerprint density at radius 3 is 2.86 bits per heavy atom. The van der Waals surface area contributed by atoms with Crippen molar-refractivity contribution in [1.29, 1.82) is 0 Å². The third-order valence-electron chi connectivity index (χ3n) is 4.18. The Morgan fingerprint density at radius 2 is 2.18 bits per heavy atom. The van der Waals surface area contributed by atoms with Gasteiger partial charge in [-0.15, -0.1) is 11.3 Å². The fourth-order valence-corrected chi connectivity index (χ4v) is 3.42. The van der Waals surface area contributed by atoms with Crippen LogP contribution in [0.4, 0.5) is 0 Å². The number of thiophene rings is 1. The maximum Gasteiger partial charge on any atom is 0.191 e. The summed E-state index contributed by atoms with van der Waals surface area (Å²) in [5.74, 6) is 0.914. The lowest BCUT2D eigenvalue weighted by Gasteiger charge is -2.37. The second-order valence-corrected chi connectivity index (χ2v) is 7.00. The van der Waals surface area contributed by atoms with E-state index in [1.807, 2.05) is 0 Å². The molecule has 124 valence electrons. The fraction of sp³-hybridized carbons (Fsp3) is 0.688. The summed E-state index contributed by atoms with van der Waals surface area (Å²) in [6.45, 7) is 10.2. The molecule has 0 amide bonds. The fourth-order valence-electron chi connectivity index (χ4n) is 2.60. The van der Waals surface area contributed by atoms with E-state index in [0.29, 0.717) is 6.04 Å². The number of piperazine rings is 1. The van der Waals surface area contributed by atoms with Gasteiger partial charge in [-0.05, 0) is 45.0 Å². The van der Waals surface area contributed by atoms with Crippen LogP contribution in [0.15, 0.2) is 16.4 Å². The van der Waals surface area contributed by atoms with Crippen molar-refractivity contribution in [3.05, 3.63) is 21.9 Å². The molecule has 1 atom stereocenters. The maximum atomic E-state index is 4.72. The van der Waals surface area contributed by atoms with E-state index in [4.69, 9.17) is 4.99 Å². The summed E-state index contributed by atoms with van der Waals surface area (Å²) in [6.07, 6.45) is 0. The van der Waals surface area contributed by atoms with Crippen LogP contribution < -0.4 is 10.6 Å². The normalized spacial score (nSPS) is 21.1. The quantitative estimate of drug-likeness (QED) is 0.634. The molecule has 2 rings (SSSR count). The van der Waals surface area contributed by atoms with Crippen LogP contribution >= 0.6 is 11.3 Å². The molecule has 0 unspecified atom stereocenters. The number of likely N-dealkylation sites (N-methyl/N-ethyl adjacent to an activating group) is 2. The Labute approximate surface area is 138 Å². The molecule has 1 aromatic rings. The van der Waals surface area contributed by atoms with Crippen LogP contribution in [0, 0.1) is 6.92 Å². The largest absolute Gasteiger partial charge is 0.357 e. The molecule has 1 aromatic heterocycles. The van der Waals surface area contributed by atoms with Gasteiger partial charge in [0.15, 0.2) is 5.96 Å². The molecule has 0 aliphatic carbocycles. The minimum Gasteiger partial charge on any atom is -0.357 e. The van der Waals surface area contributed by atoms with Gasteiger partial charge in [0.05, 0.1) is 6.54 Å². The maximum absolute atomic E-state index is 4.72. The molecule has 0 aromatic carbocycles. The highest BCUT2D eigenvalue weighted by Gasteiger charge is 2.21. The summed E-state index contributed by atoms with van der Waals surface area (Å²) in [4.78, 5) is 10.9. The zero-order valence-electron chi connectivity index (χ0n) is 14.2. The molecule has 5 nitrogen and oxygen atoms in total. The highest BCUT2D eigenvalue weighted by Crippen LogP contribution is 2.16. The molecule has 2 N–H and O–H groups in total. The average molecular weight is 324 g/mol. The summed E-state index contributed by atoms with van der Waals surface area (Å²) in [5, 5.41) is 8.97. The van der Waals surface area contributed by atoms with Crippen LogP contribution in [0.2, 0.25) is 0 Å². The van der Waals surface area contributed by atoms with Gasteiger partial charge < -0.3 is 15.5 Å². The highest BCUT2D eigenvalue weighted by atomic mass is 32.1. The van der Waals surface area contributed by atoms with Gasteiger partial charge in [0.2, 0.25) is 0 Å². The van der Waals surface area contributed by atoms with Gasteiger partial charge in [-0.1, -0.05) is 0 Å². The van der Waals surface area contributed by atoms with Crippen LogP contribution in [-0.2, 0) is 6.54 Å². The number of nitrogens with zero attached hydrogens (tertiary/aromatic N) is 3. The second kappa shape index (κ2) is 8.50. The lowest BCUT2D eigenvalue weighted by molar-refractivity contribution is 0.116. The Kier molecular flexibility index (Phi) is 6.67. The van der Waals surface area contributed by atoms with Crippen molar-refractivity contribution in [2.75, 3.05) is 46.8 Å². The number of aliphatic imine (C=N–C) groups is 1. The number of hydrogen-bond donors (Lipinski definition) is 2. The van der Waals surface area contributed by atoms with E-state index in [9.17, 15) is 0 Å². The molecule has 0 bridgehead atoms. The Balaban J connectivity index is 1.89. The molecular formula is C16H29N5S. The molecule has 0 saturated carbocycles. The second-order valence-electron chi connectivity index (χ2n) is 6.00. The van der Waals surface area contributed by atoms with E-state index >= 15 is 0 Å². The molecular weight excluding hydrogens is 294 g/mol. The van der Waals surface area contributed by atoms with E-state index in [1.54, 1.807) is 11.3 Å². The first-order valence-corrected chi connectivity index (χ1v) is 8.92. The molecule has 2 heterocycles. The van der Waals surface area contributed by atoms with E-state index in [2.05, 4.69) is 59.8 Å². The molecule has 1 saturated heterocycles. The highest BCUT2D eigenvalue weighted by molar-refractivity contribution is 7.10. The van der Waals surface area contributed by atoms with Gasteiger partial charge in [0.25, 0.3) is 0 Å². The van der Waals surface area contributed by atoms with Gasteiger partial charge in [0, 0.05) is 43.6 Å². The molecule has 22 heavy (non-hydrogen) atoms. The van der Waals surface area contributed by atoms with Crippen molar-refractivity contribution in [2.45, 2.75) is 26.4 Å². The monoisotopic (exact) mass is 323 g/mol. The standard InChI is InChI=1S/C16H29N5S/c1-5-17-16(19-11-15-13(2)6-9-22-15)18-10-14-12-20(3)7-8-21(14)4/h6,9,14H,5,7-8,10-12H2,1-4H3,(H2,17,18,19)/t14-/m0/s1. The number of guanidine groups is 1. The van der Waals surface area contributed by atoms with Gasteiger partial charge in [-0.3, -0.25) is 4.90 Å². The number of nitrogens with one attached hydrogen (secondary N) is 2. The van der Waals surface area contributed by atoms with Crippen molar-refractivity contribution in [1.82, 2.24) is 20.4 Å². The summed E-state index contributed by atoms with van der Waals surface area (Å²) in [7, 11) is 4.40. The van der Waals surface area contributed by atoms with Crippen molar-refractivity contribution < 1.29 is 0 Å². The minimum atomic E-state index is 0.533. The first-order chi connectivity index (χ1) is 10.6. The Hall–Kier alpha value is -1.11. The Bertz CT molecular complexity index is 485. The number of rotatable bonds is 5. The molecule has 1 aliphatic rings. The topological polar surface area (TPSA) is 42.9 Å². The van der Waals surface area contributed by atoms with Crippen LogP contribution in [-0.4, -0.2) is 68.6 Å². The van der Waals surface area contributed by atoms with Gasteiger partial charge >= 0.3 is 0 Å². The van der Waals surface area contributed by atoms with Crippen molar-refractivity contribution in [2.24, 2.45) is 4.99 Å². The molecule has 6 heteroatoms. The first kappa shape index (κ1) is 17.2. The summed E-state index contributed by atoms with van der Waals surface area (Å²) >= 11 is 1.78. The van der Waals surface area contributed by atoms with Crippen molar-refractivity contribution >= 4 is 17.3 Å².